The second-order valence-corrected chi connectivity index (χ2v) is 5.48. The fourth-order valence-electron chi connectivity index (χ4n) is 4.10. The Labute approximate surface area is 94.8 Å². The van der Waals surface area contributed by atoms with E-state index in [0.29, 0.717) is 5.92 Å². The van der Waals surface area contributed by atoms with Crippen LogP contribution in [0.25, 0.3) is 0 Å². The van der Waals surface area contributed by atoms with E-state index in [4.69, 9.17) is 9.47 Å². The van der Waals surface area contributed by atoms with E-state index in [9.17, 15) is 4.79 Å². The van der Waals surface area contributed by atoms with E-state index in [0.717, 1.165) is 6.42 Å². The van der Waals surface area contributed by atoms with E-state index in [1.807, 2.05) is 6.92 Å². The van der Waals surface area contributed by atoms with Gasteiger partial charge in [-0.05, 0) is 43.8 Å². The molecule has 4 rings (SSSR count). The normalized spacial score (nSPS) is 49.3. The lowest BCUT2D eigenvalue weighted by molar-refractivity contribution is -0.146. The van der Waals surface area contributed by atoms with E-state index in [2.05, 4.69) is 0 Å². The van der Waals surface area contributed by atoms with Crippen molar-refractivity contribution in [2.45, 2.75) is 50.9 Å². The van der Waals surface area contributed by atoms with Crippen molar-refractivity contribution in [2.24, 2.45) is 11.8 Å². The molecule has 1 aliphatic carbocycles. The Morgan fingerprint density at radius 2 is 1.81 bits per heavy atom. The molecule has 4 aliphatic rings. The van der Waals surface area contributed by atoms with Crippen molar-refractivity contribution in [1.82, 2.24) is 0 Å². The summed E-state index contributed by atoms with van der Waals surface area (Å²) in [6, 6.07) is 0. The zero-order valence-corrected chi connectivity index (χ0v) is 9.44. The van der Waals surface area contributed by atoms with Crippen LogP contribution in [0.3, 0.4) is 0 Å². The summed E-state index contributed by atoms with van der Waals surface area (Å²) in [5.74, 6) is 0.285. The summed E-state index contributed by atoms with van der Waals surface area (Å²) in [6.07, 6.45) is 5.18. The highest BCUT2D eigenvalue weighted by Crippen LogP contribution is 2.55. The molecule has 3 nitrogen and oxygen atoms in total. The fourth-order valence-corrected chi connectivity index (χ4v) is 4.10. The monoisotopic (exact) mass is 220 g/mol. The second-order valence-electron chi connectivity index (χ2n) is 5.48. The summed E-state index contributed by atoms with van der Waals surface area (Å²) in [6.45, 7) is 2.01. The topological polar surface area (TPSA) is 35.5 Å². The molecule has 5 atom stereocenters. The number of fused-ring (bicyclic) bond motifs is 7. The van der Waals surface area contributed by atoms with Crippen LogP contribution in [-0.2, 0) is 14.3 Å². The van der Waals surface area contributed by atoms with E-state index in [1.54, 1.807) is 0 Å². The smallest absolute Gasteiger partial charge is 0.312 e. The van der Waals surface area contributed by atoms with E-state index >= 15 is 0 Å². The summed E-state index contributed by atoms with van der Waals surface area (Å²) in [7, 11) is 0. The van der Waals surface area contributed by atoms with Gasteiger partial charge in [-0.1, -0.05) is 0 Å². The molecule has 3 aliphatic heterocycles. The number of cyclic esters (lactones) is 1. The van der Waals surface area contributed by atoms with Gasteiger partial charge in [0.1, 0.15) is 6.10 Å². The highest BCUT2D eigenvalue weighted by molar-refractivity contribution is 5.78. The van der Waals surface area contributed by atoms with Gasteiger partial charge >= 0.3 is 5.97 Å². The largest absolute Gasteiger partial charge is 0.462 e. The average molecular weight is 220 g/mol. The molecular weight excluding hydrogens is 204 g/mol. The number of esters is 1. The summed E-state index contributed by atoms with van der Waals surface area (Å²) >= 11 is 0. The molecule has 3 heterocycles. The maximum absolute atomic E-state index is 11.8. The fraction of sp³-hybridized carbons (Fsp3) is 0.769. The third-order valence-electron chi connectivity index (χ3n) is 4.74. The predicted molar refractivity (Wildman–Crippen MR) is 56.7 cm³/mol. The van der Waals surface area contributed by atoms with Crippen LogP contribution in [0, 0.1) is 11.8 Å². The summed E-state index contributed by atoms with van der Waals surface area (Å²) in [4.78, 5) is 11.8. The molecule has 0 aromatic rings. The number of carbonyl (C=O) groups excluding carboxylic acids is 1. The zero-order chi connectivity index (χ0) is 10.9. The van der Waals surface area contributed by atoms with Gasteiger partial charge in [-0.15, -0.1) is 0 Å². The molecule has 0 saturated carbocycles. The molecule has 3 heteroatoms. The first-order chi connectivity index (χ1) is 7.77. The summed E-state index contributed by atoms with van der Waals surface area (Å²) in [5.41, 5.74) is 2.96. The van der Waals surface area contributed by atoms with Crippen molar-refractivity contribution in [2.75, 3.05) is 0 Å². The maximum atomic E-state index is 11.8. The molecule has 86 valence electrons. The van der Waals surface area contributed by atoms with Gasteiger partial charge in [0.2, 0.25) is 0 Å². The molecule has 2 fully saturated rings. The Morgan fingerprint density at radius 1 is 1.12 bits per heavy atom. The molecule has 0 radical (unpaired) electrons. The minimum atomic E-state index is -0.0258. The van der Waals surface area contributed by atoms with E-state index < -0.39 is 0 Å². The highest BCUT2D eigenvalue weighted by Gasteiger charge is 2.62. The Bertz CT molecular complexity index is 398. The van der Waals surface area contributed by atoms with Crippen molar-refractivity contribution in [3.63, 3.8) is 0 Å². The second kappa shape index (κ2) is 2.89. The molecule has 0 amide bonds. The Hall–Kier alpha value is -0.830. The predicted octanol–water partition coefficient (Wildman–Crippen LogP) is 1.82. The highest BCUT2D eigenvalue weighted by atomic mass is 16.6. The van der Waals surface area contributed by atoms with Crippen LogP contribution in [0.4, 0.5) is 0 Å². The minimum Gasteiger partial charge on any atom is -0.462 e. The minimum absolute atomic E-state index is 0.0110. The molecule has 0 aromatic heterocycles. The molecule has 0 aromatic carbocycles. The van der Waals surface area contributed by atoms with Crippen molar-refractivity contribution in [3.05, 3.63) is 11.1 Å². The molecule has 0 unspecified atom stereocenters. The first kappa shape index (κ1) is 9.23. The lowest BCUT2D eigenvalue weighted by Crippen LogP contribution is -2.33. The van der Waals surface area contributed by atoms with Gasteiger partial charge in [0.05, 0.1) is 18.1 Å². The molecule has 0 N–H and O–H groups in total. The van der Waals surface area contributed by atoms with Gasteiger partial charge in [-0.3, -0.25) is 4.79 Å². The van der Waals surface area contributed by atoms with Crippen LogP contribution in [0.1, 0.15) is 32.6 Å². The molecule has 2 saturated heterocycles. The van der Waals surface area contributed by atoms with Gasteiger partial charge < -0.3 is 9.47 Å². The lowest BCUT2D eigenvalue weighted by Gasteiger charge is -2.28. The maximum Gasteiger partial charge on any atom is 0.312 e. The van der Waals surface area contributed by atoms with Gasteiger partial charge in [0.15, 0.2) is 0 Å². The van der Waals surface area contributed by atoms with Gasteiger partial charge in [-0.2, -0.15) is 0 Å². The lowest BCUT2D eigenvalue weighted by atomic mass is 9.71. The van der Waals surface area contributed by atoms with Gasteiger partial charge in [0, 0.05) is 5.92 Å². The van der Waals surface area contributed by atoms with Crippen molar-refractivity contribution < 1.29 is 14.3 Å². The first-order valence-corrected chi connectivity index (χ1v) is 6.35. The third kappa shape index (κ3) is 0.915. The van der Waals surface area contributed by atoms with Crippen molar-refractivity contribution in [1.29, 1.82) is 0 Å². The number of hydrogen-bond donors (Lipinski definition) is 0. The van der Waals surface area contributed by atoms with Crippen molar-refractivity contribution in [3.8, 4) is 0 Å². The van der Waals surface area contributed by atoms with Crippen molar-refractivity contribution >= 4 is 5.97 Å². The van der Waals surface area contributed by atoms with E-state index in [1.165, 1.54) is 30.4 Å². The number of rotatable bonds is 0. The van der Waals surface area contributed by atoms with Crippen LogP contribution in [-0.4, -0.2) is 24.3 Å². The van der Waals surface area contributed by atoms with Crippen LogP contribution >= 0.6 is 0 Å². The quantitative estimate of drug-likeness (QED) is 0.461. The van der Waals surface area contributed by atoms with Gasteiger partial charge in [0.25, 0.3) is 0 Å². The zero-order valence-electron chi connectivity index (χ0n) is 9.44. The summed E-state index contributed by atoms with van der Waals surface area (Å²) in [5, 5.41) is 0. The average Bonchev–Trinajstić information content (AvgIpc) is 2.91. The molecule has 0 spiro atoms. The Morgan fingerprint density at radius 3 is 2.56 bits per heavy atom. The Balaban J connectivity index is 1.79. The molecule has 16 heavy (non-hydrogen) atoms. The number of hydrogen-bond acceptors (Lipinski definition) is 3. The van der Waals surface area contributed by atoms with Crippen LogP contribution < -0.4 is 0 Å². The standard InChI is InChI=1S/C13H16O3/c1-6-9-10(13(14)15-6)12-8-5-3-2-4-7(8)11(9)16-12/h6,9-12H,2-5H2,1H3/t6-,9-,10+,11+,12-/m1/s1. The van der Waals surface area contributed by atoms with Crippen LogP contribution in [0.15, 0.2) is 11.1 Å². The Kier molecular flexibility index (Phi) is 1.67. The number of carbonyl (C=O) groups is 1. The van der Waals surface area contributed by atoms with Gasteiger partial charge in [-0.25, -0.2) is 0 Å². The van der Waals surface area contributed by atoms with Crippen LogP contribution in [0.2, 0.25) is 0 Å². The first-order valence-electron chi connectivity index (χ1n) is 6.35. The van der Waals surface area contributed by atoms with E-state index in [-0.39, 0.29) is 30.2 Å². The SMILES string of the molecule is C[C@H]1OC(=O)[C@H]2[C@@H]1[C@H]1O[C@@H]2C2=C1CCCC2. The van der Waals surface area contributed by atoms with Crippen LogP contribution in [0.5, 0.6) is 0 Å². The molecule has 2 bridgehead atoms. The third-order valence-corrected chi connectivity index (χ3v) is 4.74. The summed E-state index contributed by atoms with van der Waals surface area (Å²) < 4.78 is 11.4. The number of ether oxygens (including phenoxy) is 2. The molecular formula is C13H16O3.